The Bertz CT molecular complexity index is 1010. The number of carbonyl (C=O) groups is 3. The third-order valence-electron chi connectivity index (χ3n) is 6.97. The first kappa shape index (κ1) is 20.5. The minimum absolute atomic E-state index is 0.0311. The normalized spacial score (nSPS) is 24.9. The van der Waals surface area contributed by atoms with Gasteiger partial charge < -0.3 is 10.6 Å². The predicted molar refractivity (Wildman–Crippen MR) is 118 cm³/mol. The van der Waals surface area contributed by atoms with Gasteiger partial charge in [-0.1, -0.05) is 19.3 Å². The van der Waals surface area contributed by atoms with E-state index in [1.807, 2.05) is 13.0 Å². The highest BCUT2D eigenvalue weighted by Crippen LogP contribution is 2.36. The Morgan fingerprint density at radius 1 is 1.23 bits per heavy atom. The summed E-state index contributed by atoms with van der Waals surface area (Å²) in [4.78, 5) is 39.7. The van der Waals surface area contributed by atoms with E-state index in [-0.39, 0.29) is 36.3 Å². The molecule has 0 radical (unpaired) electrons. The quantitative estimate of drug-likeness (QED) is 0.693. The molecule has 0 bridgehead atoms. The van der Waals surface area contributed by atoms with E-state index in [9.17, 15) is 14.4 Å². The lowest BCUT2D eigenvalue weighted by Crippen LogP contribution is -2.36. The first-order valence-electron chi connectivity index (χ1n) is 11.4. The Labute approximate surface area is 185 Å². The van der Waals surface area contributed by atoms with Crippen molar-refractivity contribution < 1.29 is 14.4 Å². The molecule has 1 aliphatic heterocycles. The maximum absolute atomic E-state index is 13.0. The Morgan fingerprint density at radius 2 is 2.03 bits per heavy atom. The molecule has 3 fully saturated rings. The fourth-order valence-corrected chi connectivity index (χ4v) is 6.42. The Morgan fingerprint density at radius 3 is 2.77 bits per heavy atom. The number of hydrogen-bond acceptors (Lipinski definition) is 5. The number of aromatic nitrogens is 2. The van der Waals surface area contributed by atoms with E-state index in [1.54, 1.807) is 11.3 Å². The van der Waals surface area contributed by atoms with Gasteiger partial charge in [-0.15, -0.1) is 11.3 Å². The van der Waals surface area contributed by atoms with E-state index < -0.39 is 0 Å². The molecule has 2 aromatic rings. The molecule has 4 amide bonds. The van der Waals surface area contributed by atoms with Gasteiger partial charge in [0.2, 0.25) is 5.91 Å². The molecule has 2 atom stereocenters. The number of urea groups is 1. The van der Waals surface area contributed by atoms with E-state index in [1.165, 1.54) is 24.2 Å². The molecule has 8 nitrogen and oxygen atoms in total. The molecular weight excluding hydrogens is 414 g/mol. The number of thiophene rings is 1. The van der Waals surface area contributed by atoms with Gasteiger partial charge in [0.1, 0.15) is 4.83 Å². The minimum atomic E-state index is -0.301. The van der Waals surface area contributed by atoms with Crippen molar-refractivity contribution in [1.82, 2.24) is 25.3 Å². The molecule has 2 saturated carbocycles. The van der Waals surface area contributed by atoms with Gasteiger partial charge in [0.25, 0.3) is 5.91 Å². The molecule has 9 heteroatoms. The number of amides is 4. The van der Waals surface area contributed by atoms with Crippen LogP contribution in [0, 0.1) is 12.8 Å². The van der Waals surface area contributed by atoms with E-state index in [0.717, 1.165) is 52.9 Å². The van der Waals surface area contributed by atoms with Crippen molar-refractivity contribution in [3.63, 3.8) is 0 Å². The lowest BCUT2D eigenvalue weighted by molar-refractivity contribution is -0.125. The zero-order chi connectivity index (χ0) is 21.5. The third-order valence-corrected chi connectivity index (χ3v) is 8.09. The predicted octanol–water partition coefficient (Wildman–Crippen LogP) is 3.36. The summed E-state index contributed by atoms with van der Waals surface area (Å²) in [6.45, 7) is 2.55. The van der Waals surface area contributed by atoms with E-state index in [2.05, 4.69) is 15.3 Å². The first-order chi connectivity index (χ1) is 15.0. The van der Waals surface area contributed by atoms with Gasteiger partial charge in [-0.25, -0.2) is 4.79 Å². The van der Waals surface area contributed by atoms with Crippen molar-refractivity contribution in [2.45, 2.75) is 70.4 Å². The molecule has 5 rings (SSSR count). The largest absolute Gasteiger partial charge is 0.349 e. The number of nitrogens with one attached hydrogen (secondary N) is 2. The second kappa shape index (κ2) is 8.26. The topological polar surface area (TPSA) is 96.3 Å². The highest BCUT2D eigenvalue weighted by Gasteiger charge is 2.34. The van der Waals surface area contributed by atoms with Crippen LogP contribution in [0.1, 0.15) is 72.8 Å². The van der Waals surface area contributed by atoms with Crippen LogP contribution in [0.5, 0.6) is 0 Å². The SMILES string of the molecule is Cc1nn(C2CCCCC2)c2sc(C(=O)NC3CC[C@H](CN4C(=O)CNC4=O)C3)cc12. The Hall–Kier alpha value is -2.42. The summed E-state index contributed by atoms with van der Waals surface area (Å²) < 4.78 is 2.16. The third kappa shape index (κ3) is 3.95. The number of aryl methyl sites for hydroxylation is 1. The number of rotatable bonds is 5. The maximum Gasteiger partial charge on any atom is 0.324 e. The lowest BCUT2D eigenvalue weighted by atomic mass is 9.96. The number of carbonyl (C=O) groups excluding carboxylic acids is 3. The summed E-state index contributed by atoms with van der Waals surface area (Å²) in [5, 5.41) is 11.6. The standard InChI is InChI=1S/C22H29N5O3S/c1-13-17-10-18(31-21(17)27(25-13)16-5-3-2-4-6-16)20(29)24-15-8-7-14(9-15)12-26-19(28)11-23-22(26)30/h10,14-16H,2-9,11-12H2,1H3,(H,23,30)(H,24,29)/t14-,15?/m0/s1. The molecular formula is C22H29N5O3S. The molecule has 0 spiro atoms. The van der Waals surface area contributed by atoms with Crippen molar-refractivity contribution in [2.24, 2.45) is 5.92 Å². The first-order valence-corrected chi connectivity index (χ1v) is 12.2. The van der Waals surface area contributed by atoms with Crippen LogP contribution in [-0.4, -0.2) is 51.7 Å². The minimum Gasteiger partial charge on any atom is -0.349 e. The average Bonchev–Trinajstić information content (AvgIpc) is 3.52. The van der Waals surface area contributed by atoms with Crippen LogP contribution in [0.15, 0.2) is 6.07 Å². The zero-order valence-electron chi connectivity index (χ0n) is 17.9. The van der Waals surface area contributed by atoms with Crippen molar-refractivity contribution in [2.75, 3.05) is 13.1 Å². The summed E-state index contributed by atoms with van der Waals surface area (Å²) in [6.07, 6.45) is 8.70. The van der Waals surface area contributed by atoms with Crippen LogP contribution in [0.4, 0.5) is 4.79 Å². The monoisotopic (exact) mass is 443 g/mol. The summed E-state index contributed by atoms with van der Waals surface area (Å²) in [5.41, 5.74) is 0.991. The van der Waals surface area contributed by atoms with Crippen LogP contribution in [0.2, 0.25) is 0 Å². The number of fused-ring (bicyclic) bond motifs is 1. The summed E-state index contributed by atoms with van der Waals surface area (Å²) >= 11 is 1.54. The van der Waals surface area contributed by atoms with Crippen LogP contribution in [-0.2, 0) is 4.79 Å². The Balaban J connectivity index is 1.23. The summed E-state index contributed by atoms with van der Waals surface area (Å²) in [6, 6.07) is 2.21. The van der Waals surface area contributed by atoms with E-state index in [4.69, 9.17) is 5.10 Å². The van der Waals surface area contributed by atoms with Gasteiger partial charge in [0, 0.05) is 18.0 Å². The molecule has 1 saturated heterocycles. The van der Waals surface area contributed by atoms with Crippen LogP contribution in [0.25, 0.3) is 10.2 Å². The van der Waals surface area contributed by atoms with E-state index in [0.29, 0.717) is 12.6 Å². The van der Waals surface area contributed by atoms with Crippen molar-refractivity contribution >= 4 is 39.4 Å². The summed E-state index contributed by atoms with van der Waals surface area (Å²) in [5.74, 6) is 0.0455. The fourth-order valence-electron chi connectivity index (χ4n) is 5.28. The van der Waals surface area contributed by atoms with Gasteiger partial charge in [-0.2, -0.15) is 5.10 Å². The zero-order valence-corrected chi connectivity index (χ0v) is 18.7. The van der Waals surface area contributed by atoms with Crippen molar-refractivity contribution in [3.05, 3.63) is 16.6 Å². The molecule has 3 aliphatic rings. The smallest absolute Gasteiger partial charge is 0.324 e. The molecule has 2 N–H and O–H groups in total. The highest BCUT2D eigenvalue weighted by molar-refractivity contribution is 7.20. The number of imide groups is 1. The second-order valence-electron chi connectivity index (χ2n) is 9.16. The fraction of sp³-hybridized carbons (Fsp3) is 0.636. The average molecular weight is 444 g/mol. The van der Waals surface area contributed by atoms with Gasteiger partial charge in [0.05, 0.1) is 23.2 Å². The number of nitrogens with zero attached hydrogens (tertiary/aromatic N) is 3. The molecule has 2 aromatic heterocycles. The Kier molecular flexibility index (Phi) is 5.45. The second-order valence-corrected chi connectivity index (χ2v) is 10.2. The molecule has 0 aromatic carbocycles. The molecule has 31 heavy (non-hydrogen) atoms. The molecule has 3 heterocycles. The van der Waals surface area contributed by atoms with Crippen molar-refractivity contribution in [3.8, 4) is 0 Å². The van der Waals surface area contributed by atoms with Crippen LogP contribution in [0.3, 0.4) is 0 Å². The van der Waals surface area contributed by atoms with Crippen molar-refractivity contribution in [1.29, 1.82) is 0 Å². The lowest BCUT2D eigenvalue weighted by Gasteiger charge is -2.22. The van der Waals surface area contributed by atoms with E-state index >= 15 is 0 Å². The highest BCUT2D eigenvalue weighted by atomic mass is 32.1. The van der Waals surface area contributed by atoms with Gasteiger partial charge >= 0.3 is 6.03 Å². The maximum atomic E-state index is 13.0. The molecule has 166 valence electrons. The van der Waals surface area contributed by atoms with Crippen LogP contribution >= 0.6 is 11.3 Å². The van der Waals surface area contributed by atoms with Gasteiger partial charge in [-0.3, -0.25) is 19.2 Å². The molecule has 2 aliphatic carbocycles. The van der Waals surface area contributed by atoms with Gasteiger partial charge in [0.15, 0.2) is 0 Å². The number of hydrogen-bond donors (Lipinski definition) is 2. The van der Waals surface area contributed by atoms with Crippen LogP contribution < -0.4 is 10.6 Å². The van der Waals surface area contributed by atoms with Gasteiger partial charge in [-0.05, 0) is 51.0 Å². The molecule has 1 unspecified atom stereocenters. The summed E-state index contributed by atoms with van der Waals surface area (Å²) in [7, 11) is 0.